The molecule has 0 radical (unpaired) electrons. The minimum atomic E-state index is -0.181. The molecule has 1 aromatic heterocycles. The highest BCUT2D eigenvalue weighted by Crippen LogP contribution is 2.26. The SMILES string of the molecule is CCCc1noc(COc2cccc(Cl)c2CO)n1. The van der Waals surface area contributed by atoms with E-state index in [1.165, 1.54) is 0 Å². The monoisotopic (exact) mass is 282 g/mol. The van der Waals surface area contributed by atoms with Crippen LogP contribution < -0.4 is 4.74 Å². The topological polar surface area (TPSA) is 68.4 Å². The first kappa shape index (κ1) is 13.8. The van der Waals surface area contributed by atoms with Gasteiger partial charge in [0, 0.05) is 17.0 Å². The highest BCUT2D eigenvalue weighted by atomic mass is 35.5. The van der Waals surface area contributed by atoms with Crippen LogP contribution >= 0.6 is 11.6 Å². The van der Waals surface area contributed by atoms with E-state index >= 15 is 0 Å². The van der Waals surface area contributed by atoms with Crippen molar-refractivity contribution in [2.75, 3.05) is 0 Å². The number of aliphatic hydroxyl groups excluding tert-OH is 1. The Kier molecular flexibility index (Phi) is 4.76. The van der Waals surface area contributed by atoms with Crippen LogP contribution in [0, 0.1) is 0 Å². The first-order valence-corrected chi connectivity index (χ1v) is 6.45. The summed E-state index contributed by atoms with van der Waals surface area (Å²) in [6.07, 6.45) is 1.74. The van der Waals surface area contributed by atoms with Crippen LogP contribution in [0.1, 0.15) is 30.6 Å². The Bertz CT molecular complexity index is 542. The average molecular weight is 283 g/mol. The third-order valence-electron chi connectivity index (χ3n) is 2.57. The Hall–Kier alpha value is -1.59. The maximum Gasteiger partial charge on any atom is 0.264 e. The Labute approximate surface area is 116 Å². The van der Waals surface area contributed by atoms with E-state index in [-0.39, 0.29) is 13.2 Å². The first-order valence-electron chi connectivity index (χ1n) is 6.07. The van der Waals surface area contributed by atoms with Gasteiger partial charge in [0.15, 0.2) is 12.4 Å². The molecule has 0 aliphatic carbocycles. The van der Waals surface area contributed by atoms with Crippen LogP contribution in [-0.2, 0) is 19.6 Å². The zero-order valence-electron chi connectivity index (χ0n) is 10.6. The molecule has 0 amide bonds. The molecule has 1 aromatic carbocycles. The number of rotatable bonds is 6. The molecule has 0 saturated heterocycles. The van der Waals surface area contributed by atoms with Crippen LogP contribution in [0.25, 0.3) is 0 Å². The van der Waals surface area contributed by atoms with Gasteiger partial charge in [0.25, 0.3) is 5.89 Å². The fourth-order valence-electron chi connectivity index (χ4n) is 1.64. The summed E-state index contributed by atoms with van der Waals surface area (Å²) < 4.78 is 10.6. The van der Waals surface area contributed by atoms with E-state index < -0.39 is 0 Å². The maximum absolute atomic E-state index is 9.25. The maximum atomic E-state index is 9.25. The number of hydrogen-bond donors (Lipinski definition) is 1. The summed E-state index contributed by atoms with van der Waals surface area (Å²) >= 11 is 5.97. The zero-order chi connectivity index (χ0) is 13.7. The summed E-state index contributed by atoms with van der Waals surface area (Å²) in [6.45, 7) is 2.02. The van der Waals surface area contributed by atoms with Crippen LogP contribution in [0.4, 0.5) is 0 Å². The largest absolute Gasteiger partial charge is 0.483 e. The van der Waals surface area contributed by atoms with Gasteiger partial charge in [-0.25, -0.2) is 0 Å². The van der Waals surface area contributed by atoms with Gasteiger partial charge in [-0.1, -0.05) is 29.7 Å². The molecule has 6 heteroatoms. The lowest BCUT2D eigenvalue weighted by atomic mass is 10.2. The fourth-order valence-corrected chi connectivity index (χ4v) is 1.87. The molecule has 5 nitrogen and oxygen atoms in total. The van der Waals surface area contributed by atoms with E-state index in [0.29, 0.717) is 28.1 Å². The van der Waals surface area contributed by atoms with Gasteiger partial charge in [-0.05, 0) is 18.6 Å². The second kappa shape index (κ2) is 6.54. The van der Waals surface area contributed by atoms with Crippen LogP contribution in [0.15, 0.2) is 22.7 Å². The zero-order valence-corrected chi connectivity index (χ0v) is 11.4. The lowest BCUT2D eigenvalue weighted by Gasteiger charge is -2.09. The van der Waals surface area contributed by atoms with Gasteiger partial charge in [0.2, 0.25) is 0 Å². The van der Waals surface area contributed by atoms with Crippen molar-refractivity contribution >= 4 is 11.6 Å². The number of benzene rings is 1. The Morgan fingerprint density at radius 1 is 1.42 bits per heavy atom. The van der Waals surface area contributed by atoms with Gasteiger partial charge in [-0.15, -0.1) is 0 Å². The first-order chi connectivity index (χ1) is 9.24. The molecule has 19 heavy (non-hydrogen) atoms. The third kappa shape index (κ3) is 3.45. The van der Waals surface area contributed by atoms with E-state index in [1.54, 1.807) is 18.2 Å². The van der Waals surface area contributed by atoms with Crippen molar-refractivity contribution in [2.24, 2.45) is 0 Å². The fraction of sp³-hybridized carbons (Fsp3) is 0.385. The number of nitrogens with zero attached hydrogens (tertiary/aromatic N) is 2. The minimum absolute atomic E-state index is 0.157. The van der Waals surface area contributed by atoms with E-state index in [9.17, 15) is 5.11 Å². The van der Waals surface area contributed by atoms with Crippen LogP contribution in [0.2, 0.25) is 5.02 Å². The van der Waals surface area contributed by atoms with Crippen molar-refractivity contribution < 1.29 is 14.4 Å². The summed E-state index contributed by atoms with van der Waals surface area (Å²) in [7, 11) is 0. The molecular formula is C13H15ClN2O3. The van der Waals surface area contributed by atoms with Crippen molar-refractivity contribution in [1.29, 1.82) is 0 Å². The molecule has 1 N–H and O–H groups in total. The quantitative estimate of drug-likeness (QED) is 0.882. The number of hydrogen-bond acceptors (Lipinski definition) is 5. The van der Waals surface area contributed by atoms with Crippen molar-refractivity contribution in [3.8, 4) is 5.75 Å². The number of aryl methyl sites for hydroxylation is 1. The lowest BCUT2D eigenvalue weighted by molar-refractivity contribution is 0.229. The number of halogens is 1. The molecule has 0 aliphatic heterocycles. The minimum Gasteiger partial charge on any atom is -0.483 e. The van der Waals surface area contributed by atoms with Crippen LogP contribution in [0.3, 0.4) is 0 Å². The van der Waals surface area contributed by atoms with E-state index in [0.717, 1.165) is 12.8 Å². The van der Waals surface area contributed by atoms with Gasteiger partial charge >= 0.3 is 0 Å². The summed E-state index contributed by atoms with van der Waals surface area (Å²) in [6, 6.07) is 5.19. The number of aliphatic hydroxyl groups is 1. The Balaban J connectivity index is 2.03. The van der Waals surface area contributed by atoms with Crippen molar-refractivity contribution in [1.82, 2.24) is 10.1 Å². The van der Waals surface area contributed by atoms with Gasteiger partial charge in [0.05, 0.1) is 6.61 Å². The molecule has 0 unspecified atom stereocenters. The Morgan fingerprint density at radius 3 is 3.00 bits per heavy atom. The van der Waals surface area contributed by atoms with E-state index in [2.05, 4.69) is 10.1 Å². The smallest absolute Gasteiger partial charge is 0.264 e. The van der Waals surface area contributed by atoms with E-state index in [4.69, 9.17) is 20.9 Å². The Morgan fingerprint density at radius 2 is 2.26 bits per heavy atom. The van der Waals surface area contributed by atoms with Crippen LogP contribution in [-0.4, -0.2) is 15.2 Å². The summed E-state index contributed by atoms with van der Waals surface area (Å²) in [5, 5.41) is 13.6. The second-order valence-corrected chi connectivity index (χ2v) is 4.42. The van der Waals surface area contributed by atoms with E-state index in [1.807, 2.05) is 6.92 Å². The number of ether oxygens (including phenoxy) is 1. The second-order valence-electron chi connectivity index (χ2n) is 4.02. The lowest BCUT2D eigenvalue weighted by Crippen LogP contribution is -2.00. The third-order valence-corrected chi connectivity index (χ3v) is 2.92. The number of aromatic nitrogens is 2. The molecule has 0 aliphatic rings. The van der Waals surface area contributed by atoms with Crippen molar-refractivity contribution in [3.05, 3.63) is 40.5 Å². The summed E-state index contributed by atoms with van der Waals surface area (Å²) in [4.78, 5) is 4.19. The summed E-state index contributed by atoms with van der Waals surface area (Å²) in [5.74, 6) is 1.60. The normalized spacial score (nSPS) is 10.7. The predicted octanol–water partition coefficient (Wildman–Crippen LogP) is 2.75. The molecule has 0 bridgehead atoms. The van der Waals surface area contributed by atoms with Crippen LogP contribution in [0.5, 0.6) is 5.75 Å². The van der Waals surface area contributed by atoms with Gasteiger partial charge < -0.3 is 14.4 Å². The van der Waals surface area contributed by atoms with Gasteiger partial charge in [-0.3, -0.25) is 0 Å². The molecule has 0 fully saturated rings. The predicted molar refractivity (Wildman–Crippen MR) is 70.0 cm³/mol. The standard InChI is InChI=1S/C13H15ClN2O3/c1-2-4-12-15-13(19-16-12)8-18-11-6-3-5-10(14)9(11)7-17/h3,5-6,17H,2,4,7-8H2,1H3. The summed E-state index contributed by atoms with van der Waals surface area (Å²) in [5.41, 5.74) is 0.553. The molecule has 2 rings (SSSR count). The molecule has 0 atom stereocenters. The molecule has 2 aromatic rings. The average Bonchev–Trinajstić information content (AvgIpc) is 2.84. The highest BCUT2D eigenvalue weighted by Gasteiger charge is 2.10. The highest BCUT2D eigenvalue weighted by molar-refractivity contribution is 6.31. The van der Waals surface area contributed by atoms with Crippen molar-refractivity contribution in [3.63, 3.8) is 0 Å². The van der Waals surface area contributed by atoms with Gasteiger partial charge in [0.1, 0.15) is 5.75 Å². The molecule has 0 spiro atoms. The van der Waals surface area contributed by atoms with Gasteiger partial charge in [-0.2, -0.15) is 4.98 Å². The molecule has 0 saturated carbocycles. The molecular weight excluding hydrogens is 268 g/mol. The van der Waals surface area contributed by atoms with Crippen molar-refractivity contribution in [2.45, 2.75) is 33.0 Å². The molecule has 1 heterocycles. The molecule has 102 valence electrons.